The van der Waals surface area contributed by atoms with E-state index < -0.39 is 0 Å². The molecule has 3 aromatic rings. The maximum Gasteiger partial charge on any atom is 0.336 e. The van der Waals surface area contributed by atoms with Crippen molar-refractivity contribution in [1.29, 1.82) is 0 Å². The van der Waals surface area contributed by atoms with Crippen LogP contribution in [-0.2, 0) is 4.79 Å². The first-order valence-corrected chi connectivity index (χ1v) is 9.53. The highest BCUT2D eigenvalue weighted by molar-refractivity contribution is 5.96. The van der Waals surface area contributed by atoms with Crippen LogP contribution in [0, 0.1) is 19.8 Å². The maximum atomic E-state index is 12.9. The molecule has 1 atom stereocenters. The minimum Gasteiger partial charge on any atom is -0.423 e. The molecule has 1 saturated heterocycles. The van der Waals surface area contributed by atoms with Crippen molar-refractivity contribution in [1.82, 2.24) is 4.98 Å². The van der Waals surface area contributed by atoms with Gasteiger partial charge in [0, 0.05) is 36.4 Å². The van der Waals surface area contributed by atoms with Crippen LogP contribution in [-0.4, -0.2) is 24.0 Å². The second kappa shape index (κ2) is 7.46. The molecule has 4 rings (SSSR count). The van der Waals surface area contributed by atoms with Gasteiger partial charge in [0.05, 0.1) is 5.92 Å². The molecule has 0 aliphatic carbocycles. The minimum absolute atomic E-state index is 0.0121. The molecule has 1 aromatic carbocycles. The standard InChI is InChI=1S/C22H23N3O3/c1-14-11-21(26)28-19-10-15(2)18(12-17(14)19)24-22(27)16-6-5-9-25(13-16)20-7-3-4-8-23-20/h3-4,7-8,10-12,16H,5-6,9,13H2,1-2H3,(H,24,27). The molecule has 28 heavy (non-hydrogen) atoms. The van der Waals surface area contributed by atoms with E-state index in [1.54, 1.807) is 12.3 Å². The number of carbonyl (C=O) groups is 1. The summed E-state index contributed by atoms with van der Waals surface area (Å²) in [5.41, 5.74) is 2.63. The lowest BCUT2D eigenvalue weighted by atomic mass is 9.96. The first kappa shape index (κ1) is 18.2. The van der Waals surface area contributed by atoms with Gasteiger partial charge in [-0.1, -0.05) is 6.07 Å². The Kier molecular flexibility index (Phi) is 4.86. The molecule has 6 nitrogen and oxygen atoms in total. The van der Waals surface area contributed by atoms with Crippen molar-refractivity contribution in [3.63, 3.8) is 0 Å². The monoisotopic (exact) mass is 377 g/mol. The molecule has 0 spiro atoms. The van der Waals surface area contributed by atoms with Gasteiger partial charge in [-0.15, -0.1) is 0 Å². The number of aromatic nitrogens is 1. The predicted molar refractivity (Wildman–Crippen MR) is 110 cm³/mol. The summed E-state index contributed by atoms with van der Waals surface area (Å²) in [6.45, 7) is 5.34. The van der Waals surface area contributed by atoms with Crippen molar-refractivity contribution < 1.29 is 9.21 Å². The average molecular weight is 377 g/mol. The van der Waals surface area contributed by atoms with Crippen molar-refractivity contribution in [2.75, 3.05) is 23.3 Å². The summed E-state index contributed by atoms with van der Waals surface area (Å²) in [6.07, 6.45) is 3.59. The van der Waals surface area contributed by atoms with Crippen molar-refractivity contribution >= 4 is 28.4 Å². The number of fused-ring (bicyclic) bond motifs is 1. The van der Waals surface area contributed by atoms with Crippen LogP contribution in [0.5, 0.6) is 0 Å². The van der Waals surface area contributed by atoms with Crippen LogP contribution in [0.4, 0.5) is 11.5 Å². The number of aryl methyl sites for hydroxylation is 2. The van der Waals surface area contributed by atoms with Crippen molar-refractivity contribution in [3.8, 4) is 0 Å². The number of hydrogen-bond acceptors (Lipinski definition) is 5. The van der Waals surface area contributed by atoms with Crippen LogP contribution in [0.1, 0.15) is 24.0 Å². The number of anilines is 2. The smallest absolute Gasteiger partial charge is 0.336 e. The molecular weight excluding hydrogens is 354 g/mol. The lowest BCUT2D eigenvalue weighted by molar-refractivity contribution is -0.120. The molecule has 0 saturated carbocycles. The van der Waals surface area contributed by atoms with Gasteiger partial charge in [-0.2, -0.15) is 0 Å². The Labute approximate surface area is 163 Å². The largest absolute Gasteiger partial charge is 0.423 e. The third kappa shape index (κ3) is 3.63. The zero-order chi connectivity index (χ0) is 19.7. The fourth-order valence-electron chi connectivity index (χ4n) is 3.78. The highest BCUT2D eigenvalue weighted by Gasteiger charge is 2.27. The first-order valence-electron chi connectivity index (χ1n) is 9.53. The summed E-state index contributed by atoms with van der Waals surface area (Å²) >= 11 is 0. The molecule has 1 fully saturated rings. The van der Waals surface area contributed by atoms with Crippen molar-refractivity contribution in [3.05, 3.63) is 64.1 Å². The number of carbonyl (C=O) groups excluding carboxylic acids is 1. The van der Waals surface area contributed by atoms with Crippen LogP contribution < -0.4 is 15.8 Å². The Morgan fingerprint density at radius 2 is 2.07 bits per heavy atom. The van der Waals surface area contributed by atoms with Crippen LogP contribution >= 0.6 is 0 Å². The number of pyridine rings is 1. The number of rotatable bonds is 3. The number of benzene rings is 1. The predicted octanol–water partition coefficient (Wildman–Crippen LogP) is 3.66. The highest BCUT2D eigenvalue weighted by Crippen LogP contribution is 2.27. The van der Waals surface area contributed by atoms with Crippen molar-refractivity contribution in [2.45, 2.75) is 26.7 Å². The fourth-order valence-corrected chi connectivity index (χ4v) is 3.78. The Hall–Kier alpha value is -3.15. The van der Waals surface area contributed by atoms with Gasteiger partial charge in [0.2, 0.25) is 5.91 Å². The topological polar surface area (TPSA) is 75.4 Å². The molecule has 0 radical (unpaired) electrons. The SMILES string of the molecule is Cc1cc2oc(=O)cc(C)c2cc1NC(=O)C1CCCN(c2ccccn2)C1. The summed E-state index contributed by atoms with van der Waals surface area (Å²) in [6, 6.07) is 11.0. The molecule has 2 aromatic heterocycles. The number of amides is 1. The summed E-state index contributed by atoms with van der Waals surface area (Å²) < 4.78 is 5.28. The quantitative estimate of drug-likeness (QED) is 0.705. The van der Waals surface area contributed by atoms with Crippen LogP contribution in [0.25, 0.3) is 11.0 Å². The maximum absolute atomic E-state index is 12.9. The molecule has 0 bridgehead atoms. The van der Waals surface area contributed by atoms with Gasteiger partial charge >= 0.3 is 5.63 Å². The number of nitrogens with zero attached hydrogens (tertiary/aromatic N) is 2. The minimum atomic E-state index is -0.363. The van der Waals surface area contributed by atoms with Gasteiger partial charge in [-0.05, 0) is 62.1 Å². The van der Waals surface area contributed by atoms with E-state index in [4.69, 9.17) is 4.42 Å². The molecule has 144 valence electrons. The van der Waals surface area contributed by atoms with Crippen LogP contribution in [0.3, 0.4) is 0 Å². The second-order valence-electron chi connectivity index (χ2n) is 7.37. The van der Waals surface area contributed by atoms with Crippen molar-refractivity contribution in [2.24, 2.45) is 5.92 Å². The van der Waals surface area contributed by atoms with E-state index in [1.807, 2.05) is 38.1 Å². The lowest BCUT2D eigenvalue weighted by Crippen LogP contribution is -2.41. The lowest BCUT2D eigenvalue weighted by Gasteiger charge is -2.33. The van der Waals surface area contributed by atoms with E-state index >= 15 is 0 Å². The first-order chi connectivity index (χ1) is 13.5. The van der Waals surface area contributed by atoms with Gasteiger partial charge in [-0.25, -0.2) is 9.78 Å². The molecule has 1 N–H and O–H groups in total. The molecule has 1 unspecified atom stereocenters. The second-order valence-corrected chi connectivity index (χ2v) is 7.37. The summed E-state index contributed by atoms with van der Waals surface area (Å²) in [5.74, 6) is 0.825. The third-order valence-electron chi connectivity index (χ3n) is 5.32. The summed E-state index contributed by atoms with van der Waals surface area (Å²) in [7, 11) is 0. The van der Waals surface area contributed by atoms with Gasteiger partial charge in [-0.3, -0.25) is 4.79 Å². The average Bonchev–Trinajstić information content (AvgIpc) is 2.69. The molecule has 1 amide bonds. The normalized spacial score (nSPS) is 16.9. The number of nitrogens with one attached hydrogen (secondary N) is 1. The molecule has 3 heterocycles. The third-order valence-corrected chi connectivity index (χ3v) is 5.32. The summed E-state index contributed by atoms with van der Waals surface area (Å²) in [4.78, 5) is 31.1. The Bertz CT molecular complexity index is 1080. The van der Waals surface area contributed by atoms with Gasteiger partial charge in [0.15, 0.2) is 0 Å². The van der Waals surface area contributed by atoms with E-state index in [-0.39, 0.29) is 17.5 Å². The highest BCUT2D eigenvalue weighted by atomic mass is 16.4. The Morgan fingerprint density at radius 3 is 2.86 bits per heavy atom. The zero-order valence-electron chi connectivity index (χ0n) is 16.1. The summed E-state index contributed by atoms with van der Waals surface area (Å²) in [5, 5.41) is 3.91. The number of piperidine rings is 1. The van der Waals surface area contributed by atoms with E-state index in [0.717, 1.165) is 47.4 Å². The van der Waals surface area contributed by atoms with Gasteiger partial charge in [0.1, 0.15) is 11.4 Å². The molecular formula is C22H23N3O3. The molecule has 1 aliphatic rings. The van der Waals surface area contributed by atoms with Gasteiger partial charge < -0.3 is 14.6 Å². The zero-order valence-corrected chi connectivity index (χ0v) is 16.1. The van der Waals surface area contributed by atoms with Crippen LogP contribution in [0.15, 0.2) is 51.8 Å². The van der Waals surface area contributed by atoms with Crippen LogP contribution in [0.2, 0.25) is 0 Å². The van der Waals surface area contributed by atoms with E-state index in [1.165, 1.54) is 6.07 Å². The fraction of sp³-hybridized carbons (Fsp3) is 0.318. The molecule has 1 aliphatic heterocycles. The van der Waals surface area contributed by atoms with E-state index in [0.29, 0.717) is 12.1 Å². The van der Waals surface area contributed by atoms with E-state index in [2.05, 4.69) is 15.2 Å². The van der Waals surface area contributed by atoms with E-state index in [9.17, 15) is 9.59 Å². The Morgan fingerprint density at radius 1 is 1.21 bits per heavy atom. The Balaban J connectivity index is 1.54. The molecule has 6 heteroatoms. The van der Waals surface area contributed by atoms with Gasteiger partial charge in [0.25, 0.3) is 0 Å². The number of hydrogen-bond donors (Lipinski definition) is 1.